The molecule has 0 saturated heterocycles. The van der Waals surface area contributed by atoms with Crippen molar-refractivity contribution in [3.05, 3.63) is 0 Å². The molecule has 0 radical (unpaired) electrons. The Labute approximate surface area is 96.5 Å². The molecule has 94 valence electrons. The molecular formula is C10H19NO4S. The molecule has 0 atom stereocenters. The maximum absolute atomic E-state index is 12.1. The average molecular weight is 249 g/mol. The van der Waals surface area contributed by atoms with Crippen molar-refractivity contribution in [1.29, 1.82) is 0 Å². The molecule has 0 spiro atoms. The van der Waals surface area contributed by atoms with Gasteiger partial charge in [-0.05, 0) is 12.8 Å². The summed E-state index contributed by atoms with van der Waals surface area (Å²) >= 11 is 0. The number of nitrogens with zero attached hydrogens (tertiary/aromatic N) is 1. The van der Waals surface area contributed by atoms with E-state index in [0.29, 0.717) is 19.4 Å². The van der Waals surface area contributed by atoms with Crippen LogP contribution in [0, 0.1) is 0 Å². The van der Waals surface area contributed by atoms with Gasteiger partial charge in [0.25, 0.3) is 0 Å². The minimum absolute atomic E-state index is 0.0880. The van der Waals surface area contributed by atoms with Crippen LogP contribution in [0.3, 0.4) is 0 Å². The molecule has 6 heteroatoms. The van der Waals surface area contributed by atoms with E-state index in [1.807, 2.05) is 0 Å². The second kappa shape index (κ2) is 5.63. The highest BCUT2D eigenvalue weighted by atomic mass is 32.2. The largest absolute Gasteiger partial charge is 0.481 e. The lowest BCUT2D eigenvalue weighted by Gasteiger charge is -2.23. The minimum atomic E-state index is -3.28. The third-order valence-corrected chi connectivity index (χ3v) is 5.49. The fraction of sp³-hybridized carbons (Fsp3) is 0.900. The first-order valence-corrected chi connectivity index (χ1v) is 7.19. The second-order valence-electron chi connectivity index (χ2n) is 4.09. The monoisotopic (exact) mass is 249 g/mol. The Morgan fingerprint density at radius 1 is 1.38 bits per heavy atom. The van der Waals surface area contributed by atoms with Gasteiger partial charge in [-0.15, -0.1) is 0 Å². The van der Waals surface area contributed by atoms with Gasteiger partial charge in [0.05, 0.1) is 11.7 Å². The Kier molecular flexibility index (Phi) is 4.73. The lowest BCUT2D eigenvalue weighted by atomic mass is 10.4. The Morgan fingerprint density at radius 2 is 1.94 bits per heavy atom. The predicted octanol–water partition coefficient (Wildman–Crippen LogP) is 1.06. The molecule has 0 bridgehead atoms. The summed E-state index contributed by atoms with van der Waals surface area (Å²) in [5.74, 6) is -0.958. The van der Waals surface area contributed by atoms with Crippen molar-refractivity contribution >= 4 is 16.0 Å². The van der Waals surface area contributed by atoms with E-state index in [-0.39, 0.29) is 18.2 Å². The summed E-state index contributed by atoms with van der Waals surface area (Å²) in [6, 6.07) is 0. The Bertz CT molecular complexity index is 333. The number of hydrogen-bond acceptors (Lipinski definition) is 3. The SMILES string of the molecule is CCN(CCC(=O)O)S(=O)(=O)C1CCCC1. The van der Waals surface area contributed by atoms with Gasteiger partial charge in [0, 0.05) is 13.1 Å². The second-order valence-corrected chi connectivity index (χ2v) is 6.30. The Hall–Kier alpha value is -0.620. The molecule has 0 aliphatic heterocycles. The summed E-state index contributed by atoms with van der Waals surface area (Å²) in [6.45, 7) is 2.19. The molecule has 1 aliphatic rings. The van der Waals surface area contributed by atoms with Crippen molar-refractivity contribution in [3.8, 4) is 0 Å². The Balaban J connectivity index is 2.66. The van der Waals surface area contributed by atoms with E-state index in [1.165, 1.54) is 4.31 Å². The molecule has 1 N–H and O–H groups in total. The topological polar surface area (TPSA) is 74.7 Å². The molecule has 0 aromatic carbocycles. The van der Waals surface area contributed by atoms with Crippen LogP contribution in [0.5, 0.6) is 0 Å². The molecule has 0 unspecified atom stereocenters. The summed E-state index contributed by atoms with van der Waals surface area (Å²) in [5, 5.41) is 8.28. The maximum Gasteiger partial charge on any atom is 0.304 e. The van der Waals surface area contributed by atoms with Gasteiger partial charge < -0.3 is 5.11 Å². The third-order valence-electron chi connectivity index (χ3n) is 3.01. The highest BCUT2D eigenvalue weighted by Gasteiger charge is 2.33. The number of rotatable bonds is 6. The zero-order valence-corrected chi connectivity index (χ0v) is 10.4. The molecule has 1 aliphatic carbocycles. The number of aliphatic carboxylic acids is 1. The fourth-order valence-electron chi connectivity index (χ4n) is 2.08. The van der Waals surface area contributed by atoms with Crippen LogP contribution < -0.4 is 0 Å². The van der Waals surface area contributed by atoms with Crippen molar-refractivity contribution in [1.82, 2.24) is 4.31 Å². The average Bonchev–Trinajstić information content (AvgIpc) is 2.70. The van der Waals surface area contributed by atoms with Crippen molar-refractivity contribution in [2.24, 2.45) is 0 Å². The number of hydrogen-bond donors (Lipinski definition) is 1. The van der Waals surface area contributed by atoms with Gasteiger partial charge in [0.1, 0.15) is 0 Å². The van der Waals surface area contributed by atoms with Gasteiger partial charge in [0.15, 0.2) is 0 Å². The summed E-state index contributed by atoms with van der Waals surface area (Å²) in [5.41, 5.74) is 0. The third kappa shape index (κ3) is 3.18. The smallest absolute Gasteiger partial charge is 0.304 e. The van der Waals surface area contributed by atoms with Crippen LogP contribution in [0.25, 0.3) is 0 Å². The standard InChI is InChI=1S/C10H19NO4S/c1-2-11(8-7-10(12)13)16(14,15)9-5-3-4-6-9/h9H,2-8H2,1H3,(H,12,13). The number of carboxylic acids is 1. The molecular weight excluding hydrogens is 230 g/mol. The lowest BCUT2D eigenvalue weighted by Crippen LogP contribution is -2.38. The van der Waals surface area contributed by atoms with Crippen LogP contribution in [0.4, 0.5) is 0 Å². The first-order chi connectivity index (χ1) is 7.48. The van der Waals surface area contributed by atoms with E-state index in [4.69, 9.17) is 5.11 Å². The molecule has 0 aromatic heterocycles. The zero-order chi connectivity index (χ0) is 12.2. The van der Waals surface area contributed by atoms with E-state index >= 15 is 0 Å². The normalized spacial score (nSPS) is 18.1. The zero-order valence-electron chi connectivity index (χ0n) is 9.55. The summed E-state index contributed by atoms with van der Waals surface area (Å²) in [4.78, 5) is 10.4. The number of carboxylic acid groups (broad SMARTS) is 1. The summed E-state index contributed by atoms with van der Waals surface area (Å²) in [7, 11) is -3.28. The van der Waals surface area contributed by atoms with Gasteiger partial charge in [-0.25, -0.2) is 12.7 Å². The van der Waals surface area contributed by atoms with Crippen molar-refractivity contribution in [3.63, 3.8) is 0 Å². The van der Waals surface area contributed by atoms with Crippen LogP contribution in [0.2, 0.25) is 0 Å². The summed E-state index contributed by atoms with van der Waals surface area (Å²) in [6.07, 6.45) is 3.22. The molecule has 16 heavy (non-hydrogen) atoms. The molecule has 1 fully saturated rings. The molecule has 1 rings (SSSR count). The summed E-state index contributed by atoms with van der Waals surface area (Å²) < 4.78 is 25.5. The van der Waals surface area contributed by atoms with Crippen molar-refractivity contribution in [2.75, 3.05) is 13.1 Å². The van der Waals surface area contributed by atoms with Crippen LogP contribution >= 0.6 is 0 Å². The molecule has 0 heterocycles. The maximum atomic E-state index is 12.1. The quantitative estimate of drug-likeness (QED) is 0.763. The Morgan fingerprint density at radius 3 is 2.38 bits per heavy atom. The van der Waals surface area contributed by atoms with E-state index in [1.54, 1.807) is 6.92 Å². The molecule has 5 nitrogen and oxygen atoms in total. The minimum Gasteiger partial charge on any atom is -0.481 e. The van der Waals surface area contributed by atoms with E-state index in [0.717, 1.165) is 12.8 Å². The van der Waals surface area contributed by atoms with E-state index in [2.05, 4.69) is 0 Å². The molecule has 0 aromatic rings. The number of carbonyl (C=O) groups is 1. The van der Waals surface area contributed by atoms with Gasteiger partial charge in [0.2, 0.25) is 10.0 Å². The highest BCUT2D eigenvalue weighted by molar-refractivity contribution is 7.89. The molecule has 0 amide bonds. The van der Waals surface area contributed by atoms with E-state index < -0.39 is 16.0 Å². The van der Waals surface area contributed by atoms with Gasteiger partial charge in [-0.2, -0.15) is 0 Å². The first kappa shape index (κ1) is 13.4. The van der Waals surface area contributed by atoms with Crippen LogP contribution in [0.1, 0.15) is 39.0 Å². The number of sulfonamides is 1. The van der Waals surface area contributed by atoms with Crippen molar-refractivity contribution in [2.45, 2.75) is 44.3 Å². The fourth-order valence-corrected chi connectivity index (χ4v) is 4.14. The molecule has 1 saturated carbocycles. The van der Waals surface area contributed by atoms with Crippen LogP contribution in [-0.2, 0) is 14.8 Å². The lowest BCUT2D eigenvalue weighted by molar-refractivity contribution is -0.137. The first-order valence-electron chi connectivity index (χ1n) is 5.69. The predicted molar refractivity (Wildman–Crippen MR) is 60.7 cm³/mol. The van der Waals surface area contributed by atoms with Crippen LogP contribution in [-0.4, -0.2) is 42.1 Å². The van der Waals surface area contributed by atoms with E-state index in [9.17, 15) is 13.2 Å². The van der Waals surface area contributed by atoms with Gasteiger partial charge in [-0.3, -0.25) is 4.79 Å². The van der Waals surface area contributed by atoms with Crippen molar-refractivity contribution < 1.29 is 18.3 Å². The highest BCUT2D eigenvalue weighted by Crippen LogP contribution is 2.27. The van der Waals surface area contributed by atoms with Crippen LogP contribution in [0.15, 0.2) is 0 Å². The van der Waals surface area contributed by atoms with Gasteiger partial charge >= 0.3 is 5.97 Å². The van der Waals surface area contributed by atoms with Gasteiger partial charge in [-0.1, -0.05) is 19.8 Å².